The lowest BCUT2D eigenvalue weighted by molar-refractivity contribution is -0.136. The van der Waals surface area contributed by atoms with Crippen molar-refractivity contribution in [2.75, 3.05) is 0 Å². The van der Waals surface area contributed by atoms with Gasteiger partial charge in [-0.1, -0.05) is 24.8 Å². The molecule has 0 aromatic carbocycles. The van der Waals surface area contributed by atoms with Crippen molar-refractivity contribution in [3.05, 3.63) is 36.5 Å². The summed E-state index contributed by atoms with van der Waals surface area (Å²) in [5, 5.41) is 4.76. The number of hydrogen-bond donors (Lipinski definition) is 2. The number of nitrogens with one attached hydrogen (secondary N) is 2. The van der Waals surface area contributed by atoms with E-state index in [1.54, 1.807) is 18.2 Å². The SMILES string of the molecule is C=C/C(=C\C=C/C)C(=O)NC1CCC(=O)NC1=O. The Balaban J connectivity index is 2.66. The highest BCUT2D eigenvalue weighted by Crippen LogP contribution is 2.06. The Labute approximate surface area is 106 Å². The van der Waals surface area contributed by atoms with Crippen LogP contribution in [0, 0.1) is 0 Å². The number of imide groups is 1. The van der Waals surface area contributed by atoms with Crippen molar-refractivity contribution in [3.63, 3.8) is 0 Å². The van der Waals surface area contributed by atoms with E-state index in [0.717, 1.165) is 0 Å². The Hall–Kier alpha value is -2.17. The van der Waals surface area contributed by atoms with E-state index in [4.69, 9.17) is 0 Å². The van der Waals surface area contributed by atoms with Crippen molar-refractivity contribution in [1.82, 2.24) is 10.6 Å². The summed E-state index contributed by atoms with van der Waals surface area (Å²) in [6, 6.07) is -0.663. The lowest BCUT2D eigenvalue weighted by Crippen LogP contribution is -2.52. The Morgan fingerprint density at radius 1 is 1.50 bits per heavy atom. The van der Waals surface area contributed by atoms with Crippen LogP contribution in [-0.2, 0) is 14.4 Å². The molecule has 1 aliphatic heterocycles. The average molecular weight is 248 g/mol. The quantitative estimate of drug-likeness (QED) is 0.434. The van der Waals surface area contributed by atoms with Gasteiger partial charge in [0.15, 0.2) is 0 Å². The monoisotopic (exact) mass is 248 g/mol. The van der Waals surface area contributed by atoms with E-state index in [1.165, 1.54) is 6.08 Å². The molecule has 1 rings (SSSR count). The third kappa shape index (κ3) is 3.69. The highest BCUT2D eigenvalue weighted by molar-refractivity contribution is 6.04. The van der Waals surface area contributed by atoms with Crippen molar-refractivity contribution in [1.29, 1.82) is 0 Å². The van der Waals surface area contributed by atoms with Gasteiger partial charge in [0.25, 0.3) is 5.91 Å². The highest BCUT2D eigenvalue weighted by atomic mass is 16.2. The Morgan fingerprint density at radius 2 is 2.22 bits per heavy atom. The number of carbonyl (C=O) groups excluding carboxylic acids is 3. The number of allylic oxidation sites excluding steroid dienone is 3. The first-order chi connectivity index (χ1) is 8.58. The van der Waals surface area contributed by atoms with Crippen molar-refractivity contribution in [2.24, 2.45) is 0 Å². The Bertz CT molecular complexity index is 436. The summed E-state index contributed by atoms with van der Waals surface area (Å²) in [5.74, 6) is -1.15. The van der Waals surface area contributed by atoms with Gasteiger partial charge in [0.1, 0.15) is 6.04 Å². The normalized spacial score (nSPS) is 20.7. The number of rotatable bonds is 4. The summed E-state index contributed by atoms with van der Waals surface area (Å²) in [6.45, 7) is 5.37. The minimum Gasteiger partial charge on any atom is -0.340 e. The molecule has 1 aliphatic rings. The van der Waals surface area contributed by atoms with Crippen LogP contribution < -0.4 is 10.6 Å². The summed E-state index contributed by atoms with van der Waals surface area (Å²) in [6.07, 6.45) is 7.07. The third-order valence-corrected chi connectivity index (χ3v) is 2.49. The second-order valence-electron chi connectivity index (χ2n) is 3.83. The van der Waals surface area contributed by atoms with E-state index in [2.05, 4.69) is 17.2 Å². The van der Waals surface area contributed by atoms with Gasteiger partial charge in [-0.05, 0) is 19.4 Å². The number of amides is 3. The molecule has 1 atom stereocenters. The molecular formula is C13H16N2O3. The van der Waals surface area contributed by atoms with Gasteiger partial charge in [-0.25, -0.2) is 0 Å². The molecule has 1 fully saturated rings. The molecule has 96 valence electrons. The minimum atomic E-state index is -0.663. The largest absolute Gasteiger partial charge is 0.340 e. The maximum absolute atomic E-state index is 11.8. The standard InChI is InChI=1S/C13H16N2O3/c1-3-5-6-9(4-2)12(17)14-10-7-8-11(16)15-13(10)18/h3-6,10H,2,7-8H2,1H3,(H,14,17)(H,15,16,18)/b5-3-,9-6+. The topological polar surface area (TPSA) is 75.3 Å². The molecule has 1 saturated heterocycles. The van der Waals surface area contributed by atoms with E-state index in [0.29, 0.717) is 12.0 Å². The van der Waals surface area contributed by atoms with Crippen LogP contribution in [0.15, 0.2) is 36.5 Å². The zero-order valence-corrected chi connectivity index (χ0v) is 10.2. The second kappa shape index (κ2) is 6.54. The van der Waals surface area contributed by atoms with Gasteiger partial charge in [-0.2, -0.15) is 0 Å². The van der Waals surface area contributed by atoms with Gasteiger partial charge in [-0.3, -0.25) is 19.7 Å². The van der Waals surface area contributed by atoms with Gasteiger partial charge >= 0.3 is 0 Å². The molecule has 0 spiro atoms. The number of carbonyl (C=O) groups is 3. The zero-order chi connectivity index (χ0) is 13.5. The van der Waals surface area contributed by atoms with Crippen LogP contribution in [0.25, 0.3) is 0 Å². The van der Waals surface area contributed by atoms with E-state index < -0.39 is 11.9 Å². The van der Waals surface area contributed by atoms with Crippen molar-refractivity contribution >= 4 is 17.7 Å². The molecule has 5 heteroatoms. The van der Waals surface area contributed by atoms with Crippen molar-refractivity contribution < 1.29 is 14.4 Å². The van der Waals surface area contributed by atoms with E-state index in [9.17, 15) is 14.4 Å². The first kappa shape index (κ1) is 13.9. The van der Waals surface area contributed by atoms with Gasteiger partial charge < -0.3 is 5.32 Å². The summed E-state index contributed by atoms with van der Waals surface area (Å²) in [7, 11) is 0. The molecule has 1 unspecified atom stereocenters. The molecule has 5 nitrogen and oxygen atoms in total. The summed E-state index contributed by atoms with van der Waals surface area (Å²) in [5.41, 5.74) is 0.373. The molecular weight excluding hydrogens is 232 g/mol. The molecule has 0 aliphatic carbocycles. The number of piperidine rings is 1. The van der Waals surface area contributed by atoms with Crippen LogP contribution in [0.5, 0.6) is 0 Å². The molecule has 0 radical (unpaired) electrons. The lowest BCUT2D eigenvalue weighted by atomic mass is 10.1. The molecule has 3 amide bonds. The van der Waals surface area contributed by atoms with E-state index in [1.807, 2.05) is 6.92 Å². The van der Waals surface area contributed by atoms with Gasteiger partial charge in [0, 0.05) is 12.0 Å². The van der Waals surface area contributed by atoms with Crippen LogP contribution in [0.3, 0.4) is 0 Å². The highest BCUT2D eigenvalue weighted by Gasteiger charge is 2.27. The molecule has 0 bridgehead atoms. The van der Waals surface area contributed by atoms with E-state index >= 15 is 0 Å². The Kier molecular flexibility index (Phi) is 5.05. The molecule has 18 heavy (non-hydrogen) atoms. The smallest absolute Gasteiger partial charge is 0.251 e. The Morgan fingerprint density at radius 3 is 2.78 bits per heavy atom. The molecule has 0 aromatic heterocycles. The van der Waals surface area contributed by atoms with Crippen LogP contribution >= 0.6 is 0 Å². The third-order valence-electron chi connectivity index (χ3n) is 2.49. The molecule has 2 N–H and O–H groups in total. The predicted octanol–water partition coefficient (Wildman–Crippen LogP) is 0.596. The number of hydrogen-bond acceptors (Lipinski definition) is 3. The second-order valence-corrected chi connectivity index (χ2v) is 3.83. The first-order valence-electron chi connectivity index (χ1n) is 5.68. The van der Waals surface area contributed by atoms with Crippen LogP contribution in [0.1, 0.15) is 19.8 Å². The predicted molar refractivity (Wildman–Crippen MR) is 67.4 cm³/mol. The fourth-order valence-corrected chi connectivity index (χ4v) is 1.51. The molecule has 0 aromatic rings. The minimum absolute atomic E-state index is 0.235. The zero-order valence-electron chi connectivity index (χ0n) is 10.2. The fraction of sp³-hybridized carbons (Fsp3) is 0.308. The van der Waals surface area contributed by atoms with E-state index in [-0.39, 0.29) is 18.2 Å². The average Bonchev–Trinajstić information content (AvgIpc) is 2.34. The van der Waals surface area contributed by atoms with Crippen LogP contribution in [-0.4, -0.2) is 23.8 Å². The van der Waals surface area contributed by atoms with Gasteiger partial charge in [0.05, 0.1) is 0 Å². The van der Waals surface area contributed by atoms with Crippen LogP contribution in [0.4, 0.5) is 0 Å². The van der Waals surface area contributed by atoms with Gasteiger partial charge in [0.2, 0.25) is 11.8 Å². The fourth-order valence-electron chi connectivity index (χ4n) is 1.51. The lowest BCUT2D eigenvalue weighted by Gasteiger charge is -2.21. The maximum atomic E-state index is 11.8. The molecule has 1 heterocycles. The van der Waals surface area contributed by atoms with Crippen molar-refractivity contribution in [2.45, 2.75) is 25.8 Å². The van der Waals surface area contributed by atoms with Crippen molar-refractivity contribution in [3.8, 4) is 0 Å². The summed E-state index contributed by atoms with van der Waals surface area (Å²) < 4.78 is 0. The first-order valence-corrected chi connectivity index (χ1v) is 5.68. The van der Waals surface area contributed by atoms with Crippen LogP contribution in [0.2, 0.25) is 0 Å². The summed E-state index contributed by atoms with van der Waals surface area (Å²) in [4.78, 5) is 34.2. The summed E-state index contributed by atoms with van der Waals surface area (Å²) >= 11 is 0. The molecule has 0 saturated carbocycles. The van der Waals surface area contributed by atoms with Gasteiger partial charge in [-0.15, -0.1) is 0 Å². The maximum Gasteiger partial charge on any atom is 0.251 e.